The Balaban J connectivity index is 1.38. The fraction of sp³-hybridized carbons (Fsp3) is 0.333. The number of carbonyl (C=O) groups is 3. The molecule has 10 nitrogen and oxygen atoms in total. The lowest BCUT2D eigenvalue weighted by atomic mass is 10.0. The number of primary amides is 1. The van der Waals surface area contributed by atoms with Crippen LogP contribution in [0.4, 0.5) is 11.4 Å². The van der Waals surface area contributed by atoms with E-state index in [0.29, 0.717) is 47.0 Å². The highest BCUT2D eigenvalue weighted by molar-refractivity contribution is 6.09. The molecule has 0 radical (unpaired) electrons. The van der Waals surface area contributed by atoms with Crippen molar-refractivity contribution in [2.24, 2.45) is 5.73 Å². The Morgan fingerprint density at radius 3 is 2.27 bits per heavy atom. The second-order valence-electron chi connectivity index (χ2n) is 9.31. The van der Waals surface area contributed by atoms with E-state index in [-0.39, 0.29) is 23.6 Å². The van der Waals surface area contributed by atoms with E-state index in [1.807, 2.05) is 19.1 Å². The predicted octanol–water partition coefficient (Wildman–Crippen LogP) is 2.61. The molecule has 2 aromatic carbocycles. The monoisotopic (exact) mass is 502 g/mol. The van der Waals surface area contributed by atoms with Crippen molar-refractivity contribution in [1.29, 1.82) is 0 Å². The topological polar surface area (TPSA) is 123 Å². The van der Waals surface area contributed by atoms with Crippen LogP contribution in [0, 0.1) is 0 Å². The number of hydrogen-bond donors (Lipinski definition) is 2. The molecule has 2 aliphatic rings. The van der Waals surface area contributed by atoms with Crippen LogP contribution in [-0.2, 0) is 11.2 Å². The van der Waals surface area contributed by atoms with Gasteiger partial charge in [-0.1, -0.05) is 0 Å². The summed E-state index contributed by atoms with van der Waals surface area (Å²) in [5.74, 6) is -0.338. The van der Waals surface area contributed by atoms with E-state index in [4.69, 9.17) is 10.5 Å². The third-order valence-electron chi connectivity index (χ3n) is 7.08. The minimum Gasteiger partial charge on any atom is -0.497 e. The van der Waals surface area contributed by atoms with Crippen molar-refractivity contribution in [3.63, 3.8) is 0 Å². The predicted molar refractivity (Wildman–Crippen MR) is 139 cm³/mol. The van der Waals surface area contributed by atoms with Gasteiger partial charge in [-0.2, -0.15) is 5.10 Å². The zero-order chi connectivity index (χ0) is 26.1. The number of rotatable bonds is 7. The highest BCUT2D eigenvalue weighted by Gasteiger charge is 2.34. The summed E-state index contributed by atoms with van der Waals surface area (Å²) in [4.78, 5) is 42.3. The van der Waals surface area contributed by atoms with Gasteiger partial charge in [0.2, 0.25) is 5.91 Å². The molecule has 3 N–H and O–H groups in total. The summed E-state index contributed by atoms with van der Waals surface area (Å²) < 4.78 is 6.69. The highest BCUT2D eigenvalue weighted by atomic mass is 16.5. The van der Waals surface area contributed by atoms with Crippen molar-refractivity contribution in [2.75, 3.05) is 37.0 Å². The molecule has 0 bridgehead atoms. The largest absolute Gasteiger partial charge is 0.497 e. The molecule has 3 heterocycles. The van der Waals surface area contributed by atoms with Crippen LogP contribution in [0.1, 0.15) is 46.3 Å². The van der Waals surface area contributed by atoms with Gasteiger partial charge in [0.1, 0.15) is 11.4 Å². The maximum atomic E-state index is 13.7. The van der Waals surface area contributed by atoms with Crippen molar-refractivity contribution in [2.45, 2.75) is 32.2 Å². The van der Waals surface area contributed by atoms with Crippen molar-refractivity contribution in [3.05, 3.63) is 65.5 Å². The first-order valence-corrected chi connectivity index (χ1v) is 12.4. The molecule has 1 aromatic heterocycles. The summed E-state index contributed by atoms with van der Waals surface area (Å²) >= 11 is 0. The molecule has 10 heteroatoms. The summed E-state index contributed by atoms with van der Waals surface area (Å²) in [6.45, 7) is 4.18. The van der Waals surface area contributed by atoms with Gasteiger partial charge in [0.25, 0.3) is 11.8 Å². The normalized spacial score (nSPS) is 16.4. The lowest BCUT2D eigenvalue weighted by Gasteiger charge is -2.28. The molecule has 3 amide bonds. The van der Waals surface area contributed by atoms with E-state index < -0.39 is 5.91 Å². The number of aromatic nitrogens is 2. The van der Waals surface area contributed by atoms with E-state index in [1.165, 1.54) is 4.68 Å². The molecule has 37 heavy (non-hydrogen) atoms. The van der Waals surface area contributed by atoms with E-state index >= 15 is 0 Å². The number of carbonyl (C=O) groups excluding carboxylic acids is 3. The van der Waals surface area contributed by atoms with Gasteiger partial charge in [0.05, 0.1) is 18.8 Å². The van der Waals surface area contributed by atoms with Gasteiger partial charge in [0, 0.05) is 23.5 Å². The minimum absolute atomic E-state index is 0.0456. The number of methoxy groups -OCH3 is 1. The van der Waals surface area contributed by atoms with Gasteiger partial charge in [-0.15, -0.1) is 0 Å². The number of benzene rings is 2. The van der Waals surface area contributed by atoms with E-state index in [1.54, 1.807) is 48.4 Å². The Morgan fingerprint density at radius 1 is 1.00 bits per heavy atom. The lowest BCUT2D eigenvalue weighted by molar-refractivity contribution is -0.120. The third-order valence-corrected chi connectivity index (χ3v) is 7.08. The molecule has 1 fully saturated rings. The van der Waals surface area contributed by atoms with Crippen LogP contribution in [-0.4, -0.2) is 65.2 Å². The Labute approximate surface area is 215 Å². The number of nitrogens with zero attached hydrogens (tertiary/aromatic N) is 4. The van der Waals surface area contributed by atoms with Crippen LogP contribution >= 0.6 is 0 Å². The van der Waals surface area contributed by atoms with Crippen LogP contribution in [0.2, 0.25) is 0 Å². The standard InChI is InChI=1S/C27H30N6O4/c1-17(31-14-3-4-15-31)26(35)29-18-5-7-19(8-6-18)32-16-13-22-23(25(28)34)30-33(24(22)27(32)36)20-9-11-21(37-2)12-10-20/h5-12,17H,3-4,13-16H2,1-2H3,(H2,28,34)(H,29,35). The smallest absolute Gasteiger partial charge is 0.277 e. The van der Waals surface area contributed by atoms with E-state index in [2.05, 4.69) is 15.3 Å². The van der Waals surface area contributed by atoms with E-state index in [9.17, 15) is 14.4 Å². The van der Waals surface area contributed by atoms with Crippen molar-refractivity contribution in [3.8, 4) is 11.4 Å². The van der Waals surface area contributed by atoms with Crippen LogP contribution in [0.5, 0.6) is 5.75 Å². The zero-order valence-electron chi connectivity index (χ0n) is 20.9. The highest BCUT2D eigenvalue weighted by Crippen LogP contribution is 2.30. The lowest BCUT2D eigenvalue weighted by Crippen LogP contribution is -2.40. The van der Waals surface area contributed by atoms with Gasteiger partial charge in [0.15, 0.2) is 5.69 Å². The van der Waals surface area contributed by atoms with Gasteiger partial charge in [-0.05, 0) is 87.8 Å². The summed E-state index contributed by atoms with van der Waals surface area (Å²) in [5.41, 5.74) is 8.51. The number of hydrogen-bond acceptors (Lipinski definition) is 6. The molecule has 2 aliphatic heterocycles. The Hall–Kier alpha value is -4.18. The van der Waals surface area contributed by atoms with Gasteiger partial charge >= 0.3 is 0 Å². The van der Waals surface area contributed by atoms with Crippen LogP contribution < -0.4 is 20.7 Å². The number of ether oxygens (including phenoxy) is 1. The fourth-order valence-electron chi connectivity index (χ4n) is 4.98. The molecule has 3 aromatic rings. The molecule has 1 unspecified atom stereocenters. The second kappa shape index (κ2) is 10.1. The van der Waals surface area contributed by atoms with Crippen LogP contribution in [0.25, 0.3) is 5.69 Å². The molecular weight excluding hydrogens is 472 g/mol. The number of anilines is 2. The Morgan fingerprint density at radius 2 is 1.65 bits per heavy atom. The quantitative estimate of drug-likeness (QED) is 0.512. The van der Waals surface area contributed by atoms with Crippen LogP contribution in [0.3, 0.4) is 0 Å². The molecular formula is C27H30N6O4. The zero-order valence-corrected chi connectivity index (χ0v) is 20.9. The first kappa shape index (κ1) is 24.5. The van der Waals surface area contributed by atoms with Gasteiger partial charge < -0.3 is 20.7 Å². The second-order valence-corrected chi connectivity index (χ2v) is 9.31. The average Bonchev–Trinajstić information content (AvgIpc) is 3.58. The SMILES string of the molecule is COc1ccc(-n2nc(C(N)=O)c3c2C(=O)N(c2ccc(NC(=O)C(C)N4CCCC4)cc2)CC3)cc1. The molecule has 5 rings (SSSR count). The third kappa shape index (κ3) is 4.67. The van der Waals surface area contributed by atoms with Crippen molar-refractivity contribution in [1.82, 2.24) is 14.7 Å². The molecule has 0 saturated carbocycles. The molecule has 0 spiro atoms. The van der Waals surface area contributed by atoms with E-state index in [0.717, 1.165) is 25.9 Å². The minimum atomic E-state index is -0.673. The molecule has 192 valence electrons. The molecule has 1 saturated heterocycles. The van der Waals surface area contributed by atoms with Crippen molar-refractivity contribution < 1.29 is 19.1 Å². The Kier molecular flexibility index (Phi) is 6.66. The summed E-state index contributed by atoms with van der Waals surface area (Å²) in [6.07, 6.45) is 2.67. The fourth-order valence-corrected chi connectivity index (χ4v) is 4.98. The summed E-state index contributed by atoms with van der Waals surface area (Å²) in [5, 5.41) is 7.37. The van der Waals surface area contributed by atoms with Gasteiger partial charge in [-0.25, -0.2) is 4.68 Å². The first-order chi connectivity index (χ1) is 17.9. The van der Waals surface area contributed by atoms with Crippen molar-refractivity contribution >= 4 is 29.1 Å². The van der Waals surface area contributed by atoms with Crippen LogP contribution in [0.15, 0.2) is 48.5 Å². The number of likely N-dealkylation sites (tertiary alicyclic amines) is 1. The summed E-state index contributed by atoms with van der Waals surface area (Å²) in [6, 6.07) is 14.1. The number of fused-ring (bicyclic) bond motifs is 1. The maximum absolute atomic E-state index is 13.7. The molecule has 1 atom stereocenters. The first-order valence-electron chi connectivity index (χ1n) is 12.4. The molecule has 0 aliphatic carbocycles. The van der Waals surface area contributed by atoms with Gasteiger partial charge in [-0.3, -0.25) is 19.3 Å². The maximum Gasteiger partial charge on any atom is 0.277 e. The summed E-state index contributed by atoms with van der Waals surface area (Å²) in [7, 11) is 1.57. The number of nitrogens with two attached hydrogens (primary N) is 1. The average molecular weight is 503 g/mol. The number of nitrogens with one attached hydrogen (secondary N) is 1. The number of amides is 3. The Bertz CT molecular complexity index is 1330.